The van der Waals surface area contributed by atoms with E-state index in [1.807, 2.05) is 25.1 Å². The monoisotopic (exact) mass is 463 g/mol. The number of rotatable bonds is 5. The lowest BCUT2D eigenvalue weighted by molar-refractivity contribution is 0.174. The first-order valence-electron chi connectivity index (χ1n) is 11.4. The van der Waals surface area contributed by atoms with Crippen LogP contribution in [0.5, 0.6) is 17.4 Å². The number of nitrogens with one attached hydrogen (secondary N) is 1. The van der Waals surface area contributed by atoms with Crippen molar-refractivity contribution in [2.75, 3.05) is 44.5 Å². The molecule has 4 aromatic rings. The highest BCUT2D eigenvalue weighted by Gasteiger charge is 2.23. The largest absolute Gasteiger partial charge is 0.477 e. The van der Waals surface area contributed by atoms with Gasteiger partial charge in [-0.1, -0.05) is 6.92 Å². The van der Waals surface area contributed by atoms with Crippen LogP contribution in [-0.4, -0.2) is 54.5 Å². The first kappa shape index (κ1) is 20.4. The molecule has 8 nitrogen and oxygen atoms in total. The Balaban J connectivity index is 1.54. The highest BCUT2D eigenvalue weighted by atomic mass is 32.1. The van der Waals surface area contributed by atoms with Gasteiger partial charge >= 0.3 is 0 Å². The summed E-state index contributed by atoms with van der Waals surface area (Å²) in [6.45, 7) is 8.59. The first-order chi connectivity index (χ1) is 16.2. The number of aryl methyl sites for hydroxylation is 1. The van der Waals surface area contributed by atoms with Crippen LogP contribution in [0.3, 0.4) is 0 Å². The topological polar surface area (TPSA) is 81.6 Å². The number of aromatic nitrogens is 3. The molecule has 0 bridgehead atoms. The van der Waals surface area contributed by atoms with Gasteiger partial charge in [0, 0.05) is 37.1 Å². The predicted molar refractivity (Wildman–Crippen MR) is 130 cm³/mol. The maximum absolute atomic E-state index is 5.98. The number of fused-ring (bicyclic) bond motifs is 4. The minimum Gasteiger partial charge on any atom is -0.477 e. The van der Waals surface area contributed by atoms with Gasteiger partial charge in [0.05, 0.1) is 12.3 Å². The predicted octanol–water partition coefficient (Wildman–Crippen LogP) is 4.01. The fraction of sp³-hybridized carbons (Fsp3) is 0.375. The first-order valence-corrected chi connectivity index (χ1v) is 12.2. The average molecular weight is 464 g/mol. The summed E-state index contributed by atoms with van der Waals surface area (Å²) in [5, 5.41) is 4.49. The van der Waals surface area contributed by atoms with Crippen LogP contribution in [0.1, 0.15) is 19.4 Å². The van der Waals surface area contributed by atoms with Crippen LogP contribution in [0.25, 0.3) is 31.7 Å². The molecule has 0 saturated carbocycles. The van der Waals surface area contributed by atoms with Crippen LogP contribution in [0, 0.1) is 0 Å². The van der Waals surface area contributed by atoms with E-state index in [0.717, 1.165) is 81.7 Å². The Morgan fingerprint density at radius 3 is 2.73 bits per heavy atom. The lowest BCUT2D eigenvalue weighted by atomic mass is 10.0. The molecule has 1 saturated heterocycles. The van der Waals surface area contributed by atoms with Gasteiger partial charge in [0.2, 0.25) is 18.6 Å². The Kier molecular flexibility index (Phi) is 5.15. The molecule has 0 amide bonds. The Labute approximate surface area is 195 Å². The number of anilines is 1. The molecule has 0 unspecified atom stereocenters. The van der Waals surface area contributed by atoms with Gasteiger partial charge in [-0.25, -0.2) is 9.97 Å². The molecule has 3 aromatic heterocycles. The van der Waals surface area contributed by atoms with Gasteiger partial charge in [-0.3, -0.25) is 0 Å². The molecule has 0 spiro atoms. The van der Waals surface area contributed by atoms with E-state index in [2.05, 4.69) is 23.2 Å². The van der Waals surface area contributed by atoms with Gasteiger partial charge in [0.15, 0.2) is 11.5 Å². The van der Waals surface area contributed by atoms with Crippen molar-refractivity contribution in [2.45, 2.75) is 20.3 Å². The van der Waals surface area contributed by atoms with Gasteiger partial charge in [-0.05, 0) is 43.2 Å². The quantitative estimate of drug-likeness (QED) is 0.476. The fourth-order valence-electron chi connectivity index (χ4n) is 4.40. The highest BCUT2D eigenvalue weighted by Crippen LogP contribution is 2.42. The summed E-state index contributed by atoms with van der Waals surface area (Å²) in [7, 11) is 0. The highest BCUT2D eigenvalue weighted by molar-refractivity contribution is 7.25. The van der Waals surface area contributed by atoms with Crippen molar-refractivity contribution in [1.82, 2.24) is 20.3 Å². The number of ether oxygens (including phenoxy) is 3. The van der Waals surface area contributed by atoms with E-state index in [9.17, 15) is 0 Å². The molecule has 0 atom stereocenters. The average Bonchev–Trinajstić information content (AvgIpc) is 3.48. The van der Waals surface area contributed by atoms with Gasteiger partial charge in [0.25, 0.3) is 0 Å². The standard InChI is InChI=1S/C24H25N5O3S/c1-3-14-11-16(15-5-6-17-18(12-15)32-13-31-17)26-23-19(14)20-21(33-23)22(30-4-2)28-24(27-20)29-9-7-25-8-10-29/h5-6,11-12,25H,3-4,7-10,13H2,1-2H3. The maximum atomic E-state index is 5.98. The van der Waals surface area contributed by atoms with Gasteiger partial charge in [0.1, 0.15) is 15.0 Å². The summed E-state index contributed by atoms with van der Waals surface area (Å²) in [4.78, 5) is 18.0. The number of hydrogen-bond donors (Lipinski definition) is 1. The van der Waals surface area contributed by atoms with Crippen LogP contribution < -0.4 is 24.4 Å². The minimum absolute atomic E-state index is 0.260. The van der Waals surface area contributed by atoms with Crippen LogP contribution in [0.2, 0.25) is 0 Å². The molecule has 6 rings (SSSR count). The van der Waals surface area contributed by atoms with Crippen molar-refractivity contribution in [3.8, 4) is 28.6 Å². The zero-order chi connectivity index (χ0) is 22.4. The number of pyridine rings is 1. The molecule has 0 radical (unpaired) electrons. The van der Waals surface area contributed by atoms with E-state index in [1.165, 1.54) is 5.56 Å². The van der Waals surface area contributed by atoms with E-state index in [0.29, 0.717) is 12.5 Å². The van der Waals surface area contributed by atoms with E-state index >= 15 is 0 Å². The van der Waals surface area contributed by atoms with Gasteiger partial charge in [-0.15, -0.1) is 11.3 Å². The van der Waals surface area contributed by atoms with Gasteiger partial charge in [-0.2, -0.15) is 4.98 Å². The summed E-state index contributed by atoms with van der Waals surface area (Å²) in [6.07, 6.45) is 0.874. The smallest absolute Gasteiger partial charge is 0.236 e. The number of nitrogens with zero attached hydrogens (tertiary/aromatic N) is 4. The summed E-state index contributed by atoms with van der Waals surface area (Å²) >= 11 is 1.60. The number of hydrogen-bond acceptors (Lipinski definition) is 9. The molecule has 1 fully saturated rings. The zero-order valence-corrected chi connectivity index (χ0v) is 19.5. The number of benzene rings is 1. The van der Waals surface area contributed by atoms with Crippen LogP contribution in [-0.2, 0) is 6.42 Å². The van der Waals surface area contributed by atoms with Crippen molar-refractivity contribution < 1.29 is 14.2 Å². The molecular weight excluding hydrogens is 438 g/mol. The molecule has 33 heavy (non-hydrogen) atoms. The second-order valence-corrected chi connectivity index (χ2v) is 9.05. The zero-order valence-electron chi connectivity index (χ0n) is 18.7. The lowest BCUT2D eigenvalue weighted by Crippen LogP contribution is -2.44. The summed E-state index contributed by atoms with van der Waals surface area (Å²) in [6, 6.07) is 8.14. The van der Waals surface area contributed by atoms with Crippen molar-refractivity contribution in [2.24, 2.45) is 0 Å². The third-order valence-corrected chi connectivity index (χ3v) is 7.12. The van der Waals surface area contributed by atoms with E-state index in [1.54, 1.807) is 11.3 Å². The molecule has 170 valence electrons. The third-order valence-electron chi connectivity index (χ3n) is 6.06. The molecule has 5 heterocycles. The molecule has 0 aliphatic carbocycles. The van der Waals surface area contributed by atoms with E-state index < -0.39 is 0 Å². The molecule has 9 heteroatoms. The van der Waals surface area contributed by atoms with Crippen molar-refractivity contribution in [3.05, 3.63) is 29.8 Å². The molecule has 2 aliphatic heterocycles. The SMILES string of the molecule is CCOc1nc(N2CCNCC2)nc2c1sc1nc(-c3ccc4c(c3)OCO4)cc(CC)c12. The maximum Gasteiger partial charge on any atom is 0.236 e. The molecular formula is C24H25N5O3S. The summed E-state index contributed by atoms with van der Waals surface area (Å²) in [5.74, 6) is 2.91. The summed E-state index contributed by atoms with van der Waals surface area (Å²) < 4.78 is 18.0. The van der Waals surface area contributed by atoms with Gasteiger partial charge < -0.3 is 24.4 Å². The lowest BCUT2D eigenvalue weighted by Gasteiger charge is -2.27. The second kappa shape index (κ2) is 8.31. The Bertz CT molecular complexity index is 1350. The van der Waals surface area contributed by atoms with Crippen molar-refractivity contribution in [1.29, 1.82) is 0 Å². The van der Waals surface area contributed by atoms with Crippen molar-refractivity contribution >= 4 is 37.7 Å². The summed E-state index contributed by atoms with van der Waals surface area (Å²) in [5.41, 5.74) is 4.07. The van der Waals surface area contributed by atoms with Crippen molar-refractivity contribution in [3.63, 3.8) is 0 Å². The van der Waals surface area contributed by atoms with Crippen LogP contribution in [0.4, 0.5) is 5.95 Å². The second-order valence-electron chi connectivity index (χ2n) is 8.05. The fourth-order valence-corrected chi connectivity index (χ4v) is 5.50. The Hall–Kier alpha value is -3.17. The van der Waals surface area contributed by atoms with Crippen LogP contribution in [0.15, 0.2) is 24.3 Å². The van der Waals surface area contributed by atoms with E-state index in [4.69, 9.17) is 29.2 Å². The molecule has 1 N–H and O–H groups in total. The minimum atomic E-state index is 0.260. The Morgan fingerprint density at radius 1 is 1.06 bits per heavy atom. The van der Waals surface area contributed by atoms with Crippen LogP contribution >= 0.6 is 11.3 Å². The normalized spacial score (nSPS) is 15.5. The third kappa shape index (κ3) is 3.52. The molecule has 1 aromatic carbocycles. The van der Waals surface area contributed by atoms with E-state index in [-0.39, 0.29) is 6.79 Å². The molecule has 2 aliphatic rings. The Morgan fingerprint density at radius 2 is 1.91 bits per heavy atom. The number of piperazine rings is 1. The number of thiophene rings is 1.